The van der Waals surface area contributed by atoms with Crippen molar-refractivity contribution >= 4 is 17.8 Å². The minimum Gasteiger partial charge on any atom is -0.475 e. The summed E-state index contributed by atoms with van der Waals surface area (Å²) < 4.78 is 31.7. The molecule has 0 saturated carbocycles. The lowest BCUT2D eigenvalue weighted by Gasteiger charge is -1.93. The Morgan fingerprint density at radius 1 is 1.22 bits per heavy atom. The second-order valence-electron chi connectivity index (χ2n) is 3.01. The normalized spacial score (nSPS) is 13.3. The lowest BCUT2D eigenvalue weighted by atomic mass is 10.2. The van der Waals surface area contributed by atoms with Crippen molar-refractivity contribution in [2.24, 2.45) is 0 Å². The van der Waals surface area contributed by atoms with E-state index < -0.39 is 12.1 Å². The van der Waals surface area contributed by atoms with Crippen LogP contribution in [0, 0.1) is 0 Å². The van der Waals surface area contributed by atoms with Crippen LogP contribution in [0.3, 0.4) is 0 Å². The topological polar surface area (TPSA) is 96.4 Å². The summed E-state index contributed by atoms with van der Waals surface area (Å²) in [4.78, 5) is 34.4. The molecule has 1 aliphatic rings. The highest BCUT2D eigenvalue weighted by Crippen LogP contribution is 2.13. The first-order chi connectivity index (χ1) is 8.23. The van der Waals surface area contributed by atoms with Gasteiger partial charge in [0.25, 0.3) is 11.8 Å². The van der Waals surface area contributed by atoms with Gasteiger partial charge in [0.15, 0.2) is 0 Å². The number of aromatic nitrogens is 1. The minimum atomic E-state index is -5.08. The summed E-state index contributed by atoms with van der Waals surface area (Å²) in [7, 11) is 0. The van der Waals surface area contributed by atoms with Crippen LogP contribution >= 0.6 is 0 Å². The first kappa shape index (κ1) is 13.6. The molecule has 9 heteroatoms. The number of carbonyl (C=O) groups excluding carboxylic acids is 2. The third kappa shape index (κ3) is 3.03. The Morgan fingerprint density at radius 2 is 1.72 bits per heavy atom. The van der Waals surface area contributed by atoms with E-state index in [1.165, 1.54) is 18.5 Å². The minimum absolute atomic E-state index is 0.340. The van der Waals surface area contributed by atoms with Gasteiger partial charge in [-0.3, -0.25) is 19.9 Å². The maximum Gasteiger partial charge on any atom is 0.490 e. The van der Waals surface area contributed by atoms with E-state index in [-0.39, 0.29) is 11.8 Å². The molecule has 96 valence electrons. The summed E-state index contributed by atoms with van der Waals surface area (Å²) in [5.41, 5.74) is 0.766. The number of hydrogen-bond donors (Lipinski definition) is 2. The van der Waals surface area contributed by atoms with E-state index in [2.05, 4.69) is 10.3 Å². The van der Waals surface area contributed by atoms with Crippen molar-refractivity contribution < 1.29 is 32.7 Å². The number of imide groups is 1. The van der Waals surface area contributed by atoms with Crippen molar-refractivity contribution in [1.82, 2.24) is 10.3 Å². The number of carboxylic acids is 1. The maximum atomic E-state index is 10.9. The SMILES string of the molecule is O=C(O)C(F)(F)F.O=C1NC(=O)c2cnccc21. The van der Waals surface area contributed by atoms with E-state index in [9.17, 15) is 22.8 Å². The molecule has 0 bridgehead atoms. The number of carboxylic acid groups (broad SMARTS) is 1. The molecule has 1 aromatic heterocycles. The van der Waals surface area contributed by atoms with E-state index >= 15 is 0 Å². The Hall–Kier alpha value is -2.45. The first-order valence-electron chi connectivity index (χ1n) is 4.33. The quantitative estimate of drug-likeness (QED) is 0.667. The van der Waals surface area contributed by atoms with Crippen molar-refractivity contribution in [2.75, 3.05) is 0 Å². The van der Waals surface area contributed by atoms with Crippen molar-refractivity contribution in [2.45, 2.75) is 6.18 Å². The van der Waals surface area contributed by atoms with Gasteiger partial charge in [-0.05, 0) is 6.07 Å². The van der Waals surface area contributed by atoms with Crippen molar-refractivity contribution in [3.63, 3.8) is 0 Å². The number of nitrogens with zero attached hydrogens (tertiary/aromatic N) is 1. The van der Waals surface area contributed by atoms with E-state index in [0.29, 0.717) is 11.1 Å². The van der Waals surface area contributed by atoms with Crippen molar-refractivity contribution in [3.8, 4) is 0 Å². The molecule has 2 rings (SSSR count). The third-order valence-corrected chi connectivity index (χ3v) is 1.78. The fraction of sp³-hybridized carbons (Fsp3) is 0.111. The van der Waals surface area contributed by atoms with Gasteiger partial charge < -0.3 is 5.11 Å². The summed E-state index contributed by atoms with van der Waals surface area (Å²) in [6.45, 7) is 0. The molecule has 6 nitrogen and oxygen atoms in total. The number of halogens is 3. The Balaban J connectivity index is 0.000000203. The van der Waals surface area contributed by atoms with Crippen LogP contribution in [0.2, 0.25) is 0 Å². The average Bonchev–Trinajstić information content (AvgIpc) is 2.55. The molecular weight excluding hydrogens is 257 g/mol. The standard InChI is InChI=1S/C7H4N2O2.C2HF3O2/c10-6-4-1-2-8-3-5(4)7(11)9-6;3-2(4,5)1(6)7/h1-3H,(H,9,10,11);(H,6,7). The zero-order valence-corrected chi connectivity index (χ0v) is 8.49. The molecule has 2 amide bonds. The summed E-state index contributed by atoms with van der Waals surface area (Å²) in [5, 5.41) is 9.29. The van der Waals surface area contributed by atoms with Crippen LogP contribution in [-0.2, 0) is 4.79 Å². The molecule has 1 aliphatic heterocycles. The number of pyridine rings is 1. The lowest BCUT2D eigenvalue weighted by molar-refractivity contribution is -0.192. The summed E-state index contributed by atoms with van der Waals surface area (Å²) in [5.74, 6) is -3.46. The van der Waals surface area contributed by atoms with E-state index in [4.69, 9.17) is 9.90 Å². The van der Waals surface area contributed by atoms with Gasteiger partial charge in [-0.15, -0.1) is 0 Å². The molecule has 0 spiro atoms. The number of hydrogen-bond acceptors (Lipinski definition) is 4. The number of carbonyl (C=O) groups is 3. The van der Waals surface area contributed by atoms with Gasteiger partial charge in [0.1, 0.15) is 0 Å². The predicted octanol–water partition coefficient (Wildman–Crippen LogP) is 0.599. The van der Waals surface area contributed by atoms with Gasteiger partial charge in [-0.2, -0.15) is 13.2 Å². The zero-order chi connectivity index (χ0) is 13.9. The fourth-order valence-electron chi connectivity index (χ4n) is 1.01. The largest absolute Gasteiger partial charge is 0.490 e. The molecule has 0 radical (unpaired) electrons. The average molecular weight is 262 g/mol. The Bertz CT molecular complexity index is 480. The smallest absolute Gasteiger partial charge is 0.475 e. The zero-order valence-electron chi connectivity index (χ0n) is 8.49. The van der Waals surface area contributed by atoms with Crippen LogP contribution in [0.25, 0.3) is 0 Å². The monoisotopic (exact) mass is 262 g/mol. The van der Waals surface area contributed by atoms with Gasteiger partial charge in [0, 0.05) is 12.4 Å². The summed E-state index contributed by atoms with van der Waals surface area (Å²) in [6.07, 6.45) is -2.22. The molecule has 1 aromatic rings. The van der Waals surface area contributed by atoms with Gasteiger partial charge in [0.2, 0.25) is 0 Å². The van der Waals surface area contributed by atoms with Crippen LogP contribution in [0.15, 0.2) is 18.5 Å². The van der Waals surface area contributed by atoms with Gasteiger partial charge in [-0.25, -0.2) is 4.79 Å². The lowest BCUT2D eigenvalue weighted by Crippen LogP contribution is -2.21. The molecule has 0 fully saturated rings. The Kier molecular flexibility index (Phi) is 3.64. The first-order valence-corrected chi connectivity index (χ1v) is 4.33. The summed E-state index contributed by atoms with van der Waals surface area (Å²) in [6, 6.07) is 1.52. The molecule has 0 saturated heterocycles. The molecule has 2 heterocycles. The predicted molar refractivity (Wildman–Crippen MR) is 49.7 cm³/mol. The second kappa shape index (κ2) is 4.82. The van der Waals surface area contributed by atoms with Gasteiger partial charge in [-0.1, -0.05) is 0 Å². The third-order valence-electron chi connectivity index (χ3n) is 1.78. The molecule has 18 heavy (non-hydrogen) atoms. The Morgan fingerprint density at radius 3 is 2.17 bits per heavy atom. The molecule has 0 aromatic carbocycles. The molecule has 0 aliphatic carbocycles. The van der Waals surface area contributed by atoms with Crippen LogP contribution in [0.4, 0.5) is 13.2 Å². The highest BCUT2D eigenvalue weighted by Gasteiger charge is 2.38. The molecule has 0 atom stereocenters. The van der Waals surface area contributed by atoms with Crippen LogP contribution in [-0.4, -0.2) is 34.1 Å². The van der Waals surface area contributed by atoms with E-state index in [1.807, 2.05) is 0 Å². The van der Waals surface area contributed by atoms with Crippen LogP contribution in [0.1, 0.15) is 20.7 Å². The maximum absolute atomic E-state index is 10.9. The van der Waals surface area contributed by atoms with Crippen LogP contribution < -0.4 is 5.32 Å². The number of rotatable bonds is 0. The number of alkyl halides is 3. The van der Waals surface area contributed by atoms with Crippen molar-refractivity contribution in [3.05, 3.63) is 29.6 Å². The second-order valence-corrected chi connectivity index (χ2v) is 3.01. The number of amides is 2. The molecule has 0 unspecified atom stereocenters. The van der Waals surface area contributed by atoms with Crippen molar-refractivity contribution in [1.29, 1.82) is 0 Å². The number of nitrogens with one attached hydrogen (secondary N) is 1. The van der Waals surface area contributed by atoms with Crippen LogP contribution in [0.5, 0.6) is 0 Å². The molecular formula is C9H5F3N2O4. The fourth-order valence-corrected chi connectivity index (χ4v) is 1.01. The number of aliphatic carboxylic acids is 1. The van der Waals surface area contributed by atoms with Gasteiger partial charge in [0.05, 0.1) is 11.1 Å². The van der Waals surface area contributed by atoms with E-state index in [1.54, 1.807) is 0 Å². The van der Waals surface area contributed by atoms with E-state index in [0.717, 1.165) is 0 Å². The highest BCUT2D eigenvalue weighted by molar-refractivity contribution is 6.21. The highest BCUT2D eigenvalue weighted by atomic mass is 19.4. The molecule has 2 N–H and O–H groups in total. The summed E-state index contributed by atoms with van der Waals surface area (Å²) >= 11 is 0. The van der Waals surface area contributed by atoms with Gasteiger partial charge >= 0.3 is 12.1 Å². The number of fused-ring (bicyclic) bond motifs is 1. The Labute approximate surface area is 97.4 Å².